The van der Waals surface area contributed by atoms with E-state index in [4.69, 9.17) is 9.84 Å². The number of hydrogen-bond donors (Lipinski definition) is 5. The van der Waals surface area contributed by atoms with Crippen LogP contribution in [0.3, 0.4) is 0 Å². The molecule has 112 valence electrons. The predicted octanol–water partition coefficient (Wildman–Crippen LogP) is -2.09. The summed E-state index contributed by atoms with van der Waals surface area (Å²) in [4.78, 5) is 0.175. The number of aliphatic hydroxyl groups is 5. The molecule has 1 aromatic rings. The average Bonchev–Trinajstić information content (AvgIpc) is 2.49. The molecule has 1 fully saturated rings. The van der Waals surface area contributed by atoms with Gasteiger partial charge in [0.1, 0.15) is 35.2 Å². The van der Waals surface area contributed by atoms with Gasteiger partial charge in [0, 0.05) is 4.90 Å². The number of aliphatic hydroxyl groups excluding tert-OH is 4. The highest BCUT2D eigenvalue weighted by molar-refractivity contribution is 7.86. The van der Waals surface area contributed by atoms with E-state index in [-0.39, 0.29) is 4.90 Å². The maximum Gasteiger partial charge on any atom is 0.279 e. The van der Waals surface area contributed by atoms with Gasteiger partial charge in [-0.3, -0.25) is 0 Å². The Morgan fingerprint density at radius 2 is 1.75 bits per heavy atom. The fraction of sp³-hybridized carbons (Fsp3) is 0.500. The molecule has 0 aliphatic carbocycles. The monoisotopic (exact) mass is 304 g/mol. The van der Waals surface area contributed by atoms with Gasteiger partial charge >= 0.3 is 0 Å². The Labute approximate surface area is 117 Å². The quantitative estimate of drug-likeness (QED) is 0.433. The molecule has 5 N–H and O–H groups in total. The third-order valence-corrected chi connectivity index (χ3v) is 4.72. The van der Waals surface area contributed by atoms with Crippen molar-refractivity contribution in [2.24, 2.45) is 0 Å². The van der Waals surface area contributed by atoms with Crippen molar-refractivity contribution < 1.29 is 34.5 Å². The highest BCUT2D eigenvalue weighted by Gasteiger charge is 2.56. The standard InChI is InChI=1S/C12H16O7S/c13-6-8-9(14)10(15)11(16)12(17,19-8)20(18)7-4-2-1-3-5-7/h1-5,8-11,13-17H,6H2/t8-,9-,10+,11-,12+,20?/m0/s1. The van der Waals surface area contributed by atoms with Gasteiger partial charge in [-0.15, -0.1) is 0 Å². The maximum absolute atomic E-state index is 12.3. The molecule has 1 aliphatic heterocycles. The van der Waals surface area contributed by atoms with Crippen molar-refractivity contribution in [1.29, 1.82) is 0 Å². The lowest BCUT2D eigenvalue weighted by molar-refractivity contribution is -0.307. The zero-order chi connectivity index (χ0) is 14.9. The molecule has 1 aromatic carbocycles. The van der Waals surface area contributed by atoms with Gasteiger partial charge in [0.25, 0.3) is 5.12 Å². The fourth-order valence-corrected chi connectivity index (χ4v) is 3.30. The summed E-state index contributed by atoms with van der Waals surface area (Å²) in [5.41, 5.74) is 0. The molecule has 1 saturated heterocycles. The summed E-state index contributed by atoms with van der Waals surface area (Å²) in [6.45, 7) is -0.709. The van der Waals surface area contributed by atoms with E-state index in [0.717, 1.165) is 0 Å². The van der Waals surface area contributed by atoms with Crippen LogP contribution in [-0.4, -0.2) is 65.9 Å². The first-order valence-corrected chi connectivity index (χ1v) is 7.09. The van der Waals surface area contributed by atoms with Crippen molar-refractivity contribution >= 4 is 10.8 Å². The summed E-state index contributed by atoms with van der Waals surface area (Å²) in [5.74, 6) is 0. The summed E-state index contributed by atoms with van der Waals surface area (Å²) in [6, 6.07) is 7.75. The Kier molecular flexibility index (Phi) is 4.55. The topological polar surface area (TPSA) is 127 Å². The van der Waals surface area contributed by atoms with Crippen LogP contribution in [0.5, 0.6) is 0 Å². The molecular formula is C12H16O7S. The van der Waals surface area contributed by atoms with E-state index in [2.05, 4.69) is 0 Å². The van der Waals surface area contributed by atoms with Crippen LogP contribution in [0, 0.1) is 0 Å². The summed E-state index contributed by atoms with van der Waals surface area (Å²) in [6.07, 6.45) is -6.73. The second-order valence-corrected chi connectivity index (χ2v) is 6.07. The highest BCUT2D eigenvalue weighted by atomic mass is 32.2. The lowest BCUT2D eigenvalue weighted by Crippen LogP contribution is -2.66. The van der Waals surface area contributed by atoms with Crippen molar-refractivity contribution in [3.63, 3.8) is 0 Å². The van der Waals surface area contributed by atoms with Crippen LogP contribution in [0.4, 0.5) is 0 Å². The lowest BCUT2D eigenvalue weighted by atomic mass is 9.99. The molecule has 0 amide bonds. The SMILES string of the molecule is O=S(c1ccccc1)[C@]1(O)O[C@@H](CO)[C@H](O)[C@@H](O)[C@@H]1O. The summed E-state index contributed by atoms with van der Waals surface area (Å²) >= 11 is 0. The molecular weight excluding hydrogens is 288 g/mol. The molecule has 8 heteroatoms. The summed E-state index contributed by atoms with van der Waals surface area (Å²) in [7, 11) is -2.22. The first kappa shape index (κ1) is 15.5. The van der Waals surface area contributed by atoms with Crippen LogP contribution in [0.25, 0.3) is 0 Å². The zero-order valence-corrected chi connectivity index (χ0v) is 11.2. The van der Waals surface area contributed by atoms with Gasteiger partial charge in [0.15, 0.2) is 0 Å². The lowest BCUT2D eigenvalue weighted by Gasteiger charge is -2.44. The fourth-order valence-electron chi connectivity index (χ4n) is 1.99. The predicted molar refractivity (Wildman–Crippen MR) is 67.8 cm³/mol. The van der Waals surface area contributed by atoms with Crippen molar-refractivity contribution in [3.05, 3.63) is 30.3 Å². The van der Waals surface area contributed by atoms with E-state index in [0.29, 0.717) is 0 Å². The maximum atomic E-state index is 12.3. The second kappa shape index (κ2) is 5.86. The largest absolute Gasteiger partial charge is 0.394 e. The first-order valence-electron chi connectivity index (χ1n) is 5.94. The van der Waals surface area contributed by atoms with Crippen LogP contribution in [0.15, 0.2) is 35.2 Å². The summed E-state index contributed by atoms with van der Waals surface area (Å²) in [5, 5.41) is 45.9. The van der Waals surface area contributed by atoms with E-state index in [1.165, 1.54) is 12.1 Å². The normalized spacial score (nSPS) is 39.5. The first-order chi connectivity index (χ1) is 9.41. The highest BCUT2D eigenvalue weighted by Crippen LogP contribution is 2.33. The van der Waals surface area contributed by atoms with Crippen LogP contribution in [0.1, 0.15) is 0 Å². The number of hydrogen-bond acceptors (Lipinski definition) is 7. The minimum Gasteiger partial charge on any atom is -0.394 e. The molecule has 0 aromatic heterocycles. The molecule has 1 heterocycles. The Morgan fingerprint density at radius 3 is 2.30 bits per heavy atom. The molecule has 1 aliphatic rings. The van der Waals surface area contributed by atoms with E-state index in [1.54, 1.807) is 18.2 Å². The molecule has 0 bridgehead atoms. The molecule has 0 radical (unpaired) electrons. The molecule has 0 saturated carbocycles. The third-order valence-electron chi connectivity index (χ3n) is 3.15. The van der Waals surface area contributed by atoms with E-state index in [9.17, 15) is 24.6 Å². The van der Waals surface area contributed by atoms with Gasteiger partial charge in [0.2, 0.25) is 0 Å². The Hall–Kier alpha value is -0.870. The van der Waals surface area contributed by atoms with Crippen molar-refractivity contribution in [1.82, 2.24) is 0 Å². The average molecular weight is 304 g/mol. The van der Waals surface area contributed by atoms with Crippen molar-refractivity contribution in [3.8, 4) is 0 Å². The Balaban J connectivity index is 2.34. The number of benzene rings is 1. The molecule has 7 nitrogen and oxygen atoms in total. The van der Waals surface area contributed by atoms with Gasteiger partial charge in [-0.1, -0.05) is 18.2 Å². The van der Waals surface area contributed by atoms with Crippen LogP contribution in [0.2, 0.25) is 0 Å². The van der Waals surface area contributed by atoms with Crippen LogP contribution >= 0.6 is 0 Å². The van der Waals surface area contributed by atoms with Gasteiger partial charge in [-0.05, 0) is 12.1 Å². The minimum atomic E-state index is -2.62. The van der Waals surface area contributed by atoms with E-state index >= 15 is 0 Å². The Morgan fingerprint density at radius 1 is 1.15 bits per heavy atom. The third kappa shape index (κ3) is 2.51. The second-order valence-electron chi connectivity index (χ2n) is 4.48. The smallest absolute Gasteiger partial charge is 0.279 e. The Bertz CT molecular complexity index is 480. The van der Waals surface area contributed by atoms with Crippen molar-refractivity contribution in [2.75, 3.05) is 6.61 Å². The van der Waals surface area contributed by atoms with Crippen LogP contribution < -0.4 is 0 Å². The minimum absolute atomic E-state index is 0.175. The molecule has 20 heavy (non-hydrogen) atoms. The van der Waals surface area contributed by atoms with E-state index in [1.807, 2.05) is 0 Å². The van der Waals surface area contributed by atoms with Gasteiger partial charge in [0.05, 0.1) is 6.61 Å². The number of ether oxygens (including phenoxy) is 1. The molecule has 0 spiro atoms. The van der Waals surface area contributed by atoms with Gasteiger partial charge < -0.3 is 30.3 Å². The van der Waals surface area contributed by atoms with Gasteiger partial charge in [-0.25, -0.2) is 4.21 Å². The zero-order valence-electron chi connectivity index (χ0n) is 10.4. The molecule has 6 atom stereocenters. The van der Waals surface area contributed by atoms with Gasteiger partial charge in [-0.2, -0.15) is 0 Å². The number of rotatable bonds is 3. The van der Waals surface area contributed by atoms with Crippen molar-refractivity contribution in [2.45, 2.75) is 34.4 Å². The van der Waals surface area contributed by atoms with E-state index < -0.39 is 46.9 Å². The molecule has 1 unspecified atom stereocenters. The van der Waals surface area contributed by atoms with Crippen LogP contribution in [-0.2, 0) is 15.5 Å². The summed E-state index contributed by atoms with van der Waals surface area (Å²) < 4.78 is 17.3. The molecule has 2 rings (SSSR count).